The molecule has 0 aliphatic carbocycles. The molecule has 1 aromatic heterocycles. The summed E-state index contributed by atoms with van der Waals surface area (Å²) in [5.74, 6) is 0.544. The molecule has 1 heterocycles. The van der Waals surface area contributed by atoms with Crippen molar-refractivity contribution in [3.63, 3.8) is 0 Å². The molecule has 0 N–H and O–H groups in total. The number of likely N-dealkylation sites (N-methyl/N-ethyl adjacent to an activating group) is 1. The SMILES string of the molecule is Cc1ccccc1CN(C)C(=O)COc1ccc(-n2cnnn2)cc1. The highest BCUT2D eigenvalue weighted by molar-refractivity contribution is 5.77. The molecule has 0 saturated carbocycles. The molecule has 2 aromatic carbocycles. The maximum absolute atomic E-state index is 12.3. The topological polar surface area (TPSA) is 73.1 Å². The van der Waals surface area contributed by atoms with E-state index in [-0.39, 0.29) is 12.5 Å². The van der Waals surface area contributed by atoms with E-state index in [1.807, 2.05) is 43.3 Å². The number of hydrogen-bond acceptors (Lipinski definition) is 5. The molecule has 0 saturated heterocycles. The number of amides is 1. The number of carbonyl (C=O) groups excluding carboxylic acids is 1. The fourth-order valence-corrected chi connectivity index (χ4v) is 2.36. The number of rotatable bonds is 6. The highest BCUT2D eigenvalue weighted by Gasteiger charge is 2.11. The van der Waals surface area contributed by atoms with Crippen LogP contribution in [0, 0.1) is 6.92 Å². The van der Waals surface area contributed by atoms with E-state index in [1.165, 1.54) is 11.9 Å². The molecule has 7 heteroatoms. The predicted octanol–water partition coefficient (Wildman–Crippen LogP) is 2.01. The number of aromatic nitrogens is 4. The Morgan fingerprint density at radius 3 is 2.60 bits per heavy atom. The maximum atomic E-state index is 12.3. The van der Waals surface area contributed by atoms with Crippen molar-refractivity contribution >= 4 is 5.91 Å². The monoisotopic (exact) mass is 337 g/mol. The summed E-state index contributed by atoms with van der Waals surface area (Å²) in [4.78, 5) is 13.9. The lowest BCUT2D eigenvalue weighted by molar-refractivity contribution is -0.132. The van der Waals surface area contributed by atoms with Gasteiger partial charge in [0.15, 0.2) is 6.61 Å². The minimum absolute atomic E-state index is 0.00733. The average Bonchev–Trinajstić information content (AvgIpc) is 3.16. The van der Waals surface area contributed by atoms with Crippen molar-refractivity contribution in [2.45, 2.75) is 13.5 Å². The number of hydrogen-bond donors (Lipinski definition) is 0. The number of ether oxygens (including phenoxy) is 1. The quantitative estimate of drug-likeness (QED) is 0.688. The summed E-state index contributed by atoms with van der Waals surface area (Å²) >= 11 is 0. The van der Waals surface area contributed by atoms with E-state index in [2.05, 4.69) is 15.5 Å². The van der Waals surface area contributed by atoms with Crippen LogP contribution >= 0.6 is 0 Å². The van der Waals surface area contributed by atoms with Gasteiger partial charge in [-0.15, -0.1) is 5.10 Å². The van der Waals surface area contributed by atoms with Crippen molar-refractivity contribution in [3.05, 3.63) is 66.0 Å². The molecule has 3 aromatic rings. The summed E-state index contributed by atoms with van der Waals surface area (Å²) in [6.45, 7) is 2.59. The standard InChI is InChI=1S/C18H19N5O2/c1-14-5-3-4-6-15(14)11-22(2)18(24)12-25-17-9-7-16(8-10-17)23-13-19-20-21-23/h3-10,13H,11-12H2,1-2H3. The van der Waals surface area contributed by atoms with Gasteiger partial charge in [-0.25, -0.2) is 4.68 Å². The molecule has 1 amide bonds. The van der Waals surface area contributed by atoms with Crippen LogP contribution in [0.4, 0.5) is 0 Å². The molecule has 0 radical (unpaired) electrons. The zero-order valence-electron chi connectivity index (χ0n) is 14.2. The Morgan fingerprint density at radius 1 is 1.16 bits per heavy atom. The van der Waals surface area contributed by atoms with Crippen molar-refractivity contribution in [1.82, 2.24) is 25.1 Å². The minimum Gasteiger partial charge on any atom is -0.484 e. The molecule has 3 rings (SSSR count). The lowest BCUT2D eigenvalue weighted by Gasteiger charge is -2.18. The Morgan fingerprint density at radius 2 is 1.92 bits per heavy atom. The first kappa shape index (κ1) is 16.6. The van der Waals surface area contributed by atoms with Gasteiger partial charge in [0, 0.05) is 13.6 Å². The molecule has 0 spiro atoms. The number of aryl methyl sites for hydroxylation is 1. The molecule has 0 fully saturated rings. The highest BCUT2D eigenvalue weighted by atomic mass is 16.5. The number of nitrogens with zero attached hydrogens (tertiary/aromatic N) is 5. The zero-order chi connectivity index (χ0) is 17.6. The Hall–Kier alpha value is -3.22. The second-order valence-corrected chi connectivity index (χ2v) is 5.71. The number of benzene rings is 2. The summed E-state index contributed by atoms with van der Waals surface area (Å²) in [6.07, 6.45) is 1.51. The van der Waals surface area contributed by atoms with E-state index in [9.17, 15) is 4.79 Å². The van der Waals surface area contributed by atoms with E-state index in [4.69, 9.17) is 4.74 Å². The fraction of sp³-hybridized carbons (Fsp3) is 0.222. The summed E-state index contributed by atoms with van der Waals surface area (Å²) in [5.41, 5.74) is 3.12. The second kappa shape index (κ2) is 7.57. The van der Waals surface area contributed by atoms with Crippen LogP contribution < -0.4 is 4.74 Å². The first-order chi connectivity index (χ1) is 12.1. The first-order valence-corrected chi connectivity index (χ1v) is 7.88. The molecule has 25 heavy (non-hydrogen) atoms. The van der Waals surface area contributed by atoms with Crippen LogP contribution in [0.2, 0.25) is 0 Å². The number of carbonyl (C=O) groups is 1. The van der Waals surface area contributed by atoms with Crippen molar-refractivity contribution in [2.75, 3.05) is 13.7 Å². The minimum atomic E-state index is -0.0761. The second-order valence-electron chi connectivity index (χ2n) is 5.71. The van der Waals surface area contributed by atoms with Crippen LogP contribution in [-0.4, -0.2) is 44.7 Å². The summed E-state index contributed by atoms with van der Waals surface area (Å²) in [5, 5.41) is 11.0. The van der Waals surface area contributed by atoms with Crippen molar-refractivity contribution in [1.29, 1.82) is 0 Å². The smallest absolute Gasteiger partial charge is 0.260 e. The van der Waals surface area contributed by atoms with Gasteiger partial charge in [-0.3, -0.25) is 4.79 Å². The van der Waals surface area contributed by atoms with E-state index in [0.717, 1.165) is 11.3 Å². The Kier molecular flexibility index (Phi) is 5.03. The number of tetrazole rings is 1. The van der Waals surface area contributed by atoms with Crippen molar-refractivity contribution in [3.8, 4) is 11.4 Å². The molecule has 0 aliphatic rings. The van der Waals surface area contributed by atoms with E-state index in [0.29, 0.717) is 12.3 Å². The third kappa shape index (κ3) is 4.20. The normalized spacial score (nSPS) is 10.5. The van der Waals surface area contributed by atoms with Gasteiger partial charge in [-0.05, 0) is 52.7 Å². The molecular weight excluding hydrogens is 318 g/mol. The third-order valence-corrected chi connectivity index (χ3v) is 3.91. The Labute approximate surface area is 145 Å². The van der Waals surface area contributed by atoms with Crippen LogP contribution in [0.3, 0.4) is 0 Å². The van der Waals surface area contributed by atoms with Crippen LogP contribution in [0.5, 0.6) is 5.75 Å². The highest BCUT2D eigenvalue weighted by Crippen LogP contribution is 2.15. The van der Waals surface area contributed by atoms with Gasteiger partial charge in [0.2, 0.25) is 0 Å². The van der Waals surface area contributed by atoms with Crippen LogP contribution in [-0.2, 0) is 11.3 Å². The summed E-state index contributed by atoms with van der Waals surface area (Å²) in [7, 11) is 1.78. The molecule has 0 bridgehead atoms. The summed E-state index contributed by atoms with van der Waals surface area (Å²) in [6, 6.07) is 15.2. The maximum Gasteiger partial charge on any atom is 0.260 e. The van der Waals surface area contributed by atoms with Crippen molar-refractivity contribution < 1.29 is 9.53 Å². The Bertz CT molecular complexity index is 831. The van der Waals surface area contributed by atoms with E-state index < -0.39 is 0 Å². The molecular formula is C18H19N5O2. The van der Waals surface area contributed by atoms with Crippen molar-refractivity contribution in [2.24, 2.45) is 0 Å². The van der Waals surface area contributed by atoms with Crippen LogP contribution in [0.25, 0.3) is 5.69 Å². The zero-order valence-corrected chi connectivity index (χ0v) is 14.2. The van der Waals surface area contributed by atoms with Gasteiger partial charge in [0.1, 0.15) is 12.1 Å². The lowest BCUT2D eigenvalue weighted by Crippen LogP contribution is -2.31. The fourth-order valence-electron chi connectivity index (χ4n) is 2.36. The van der Waals surface area contributed by atoms with E-state index in [1.54, 1.807) is 28.8 Å². The lowest BCUT2D eigenvalue weighted by atomic mass is 10.1. The van der Waals surface area contributed by atoms with Gasteiger partial charge in [0.25, 0.3) is 5.91 Å². The van der Waals surface area contributed by atoms with Gasteiger partial charge in [-0.2, -0.15) is 0 Å². The Balaban J connectivity index is 1.54. The van der Waals surface area contributed by atoms with Gasteiger partial charge in [-0.1, -0.05) is 24.3 Å². The molecule has 128 valence electrons. The van der Waals surface area contributed by atoms with E-state index >= 15 is 0 Å². The van der Waals surface area contributed by atoms with Crippen LogP contribution in [0.1, 0.15) is 11.1 Å². The largest absolute Gasteiger partial charge is 0.484 e. The predicted molar refractivity (Wildman–Crippen MR) is 92.3 cm³/mol. The average molecular weight is 337 g/mol. The van der Waals surface area contributed by atoms with Gasteiger partial charge in [0.05, 0.1) is 5.69 Å². The molecule has 0 unspecified atom stereocenters. The molecule has 0 aliphatic heterocycles. The van der Waals surface area contributed by atoms with Crippen LogP contribution in [0.15, 0.2) is 54.9 Å². The molecule has 0 atom stereocenters. The first-order valence-electron chi connectivity index (χ1n) is 7.88. The third-order valence-electron chi connectivity index (χ3n) is 3.91. The summed E-state index contributed by atoms with van der Waals surface area (Å²) < 4.78 is 7.12. The molecule has 7 nitrogen and oxygen atoms in total. The van der Waals surface area contributed by atoms with Gasteiger partial charge < -0.3 is 9.64 Å². The van der Waals surface area contributed by atoms with Gasteiger partial charge >= 0.3 is 0 Å².